The highest BCUT2D eigenvalue weighted by Crippen LogP contribution is 2.53. The van der Waals surface area contributed by atoms with E-state index in [2.05, 4.69) is 111 Å². The van der Waals surface area contributed by atoms with Crippen LogP contribution in [0.2, 0.25) is 0 Å². The average molecular weight is 444 g/mol. The Hall–Kier alpha value is -3.32. The lowest BCUT2D eigenvalue weighted by atomic mass is 9.89. The quantitative estimate of drug-likeness (QED) is 0.303. The van der Waals surface area contributed by atoms with E-state index in [4.69, 9.17) is 0 Å². The van der Waals surface area contributed by atoms with Crippen LogP contribution in [0.4, 0.5) is 17.1 Å². The zero-order chi connectivity index (χ0) is 23.4. The number of anilines is 3. The molecule has 1 heteroatoms. The maximum Gasteiger partial charge on any atom is 0.0466 e. The Morgan fingerprint density at radius 1 is 0.500 bits per heavy atom. The van der Waals surface area contributed by atoms with Gasteiger partial charge in [-0.1, -0.05) is 42.5 Å². The summed E-state index contributed by atoms with van der Waals surface area (Å²) in [6.45, 7) is 8.72. The molecule has 2 unspecified atom stereocenters. The molecular formula is C33H33N. The number of fused-ring (bicyclic) bond motifs is 5. The van der Waals surface area contributed by atoms with Crippen molar-refractivity contribution in [1.29, 1.82) is 0 Å². The molecule has 2 aliphatic carbocycles. The molecule has 4 aromatic rings. The normalized spacial score (nSPS) is 18.2. The maximum atomic E-state index is 2.47. The molecule has 2 aliphatic rings. The van der Waals surface area contributed by atoms with Gasteiger partial charge in [0.2, 0.25) is 0 Å². The van der Waals surface area contributed by atoms with Crippen LogP contribution in [0.25, 0.3) is 11.1 Å². The van der Waals surface area contributed by atoms with Crippen LogP contribution in [0.3, 0.4) is 0 Å². The standard InChI is InChI=1S/C33H33N/c1-21-13-22(2)16-30(15-21)34(31-17-23(3)14-24(4)18-31)29-10-7-25(8-11-29)26-9-12-32-27-5-6-28(19-27)33(32)20-26/h7-18,20,27-28H,5-6,19H2,1-4H3. The minimum absolute atomic E-state index is 0.795. The second-order valence-electron chi connectivity index (χ2n) is 10.6. The summed E-state index contributed by atoms with van der Waals surface area (Å²) in [6, 6.07) is 30.0. The Kier molecular flexibility index (Phi) is 5.10. The fraction of sp³-hybridized carbons (Fsp3) is 0.273. The van der Waals surface area contributed by atoms with Gasteiger partial charge in [0.05, 0.1) is 0 Å². The van der Waals surface area contributed by atoms with Crippen molar-refractivity contribution in [1.82, 2.24) is 0 Å². The molecule has 1 nitrogen and oxygen atoms in total. The lowest BCUT2D eigenvalue weighted by Crippen LogP contribution is -2.11. The van der Waals surface area contributed by atoms with Gasteiger partial charge in [-0.2, -0.15) is 0 Å². The maximum absolute atomic E-state index is 2.47. The van der Waals surface area contributed by atoms with Gasteiger partial charge < -0.3 is 4.90 Å². The molecule has 6 rings (SSSR count). The van der Waals surface area contributed by atoms with Crippen LogP contribution in [-0.2, 0) is 0 Å². The zero-order valence-corrected chi connectivity index (χ0v) is 20.7. The van der Waals surface area contributed by atoms with Crippen LogP contribution >= 0.6 is 0 Å². The van der Waals surface area contributed by atoms with Crippen molar-refractivity contribution in [3.05, 3.63) is 112 Å². The van der Waals surface area contributed by atoms with Gasteiger partial charge in [0.15, 0.2) is 0 Å². The van der Waals surface area contributed by atoms with Crippen molar-refractivity contribution in [3.63, 3.8) is 0 Å². The summed E-state index contributed by atoms with van der Waals surface area (Å²) in [4.78, 5) is 2.39. The fourth-order valence-electron chi connectivity index (χ4n) is 6.44. The first kappa shape index (κ1) is 21.2. The minimum atomic E-state index is 0.795. The average Bonchev–Trinajstić information content (AvgIpc) is 3.41. The third-order valence-corrected chi connectivity index (χ3v) is 7.79. The molecule has 0 radical (unpaired) electrons. The summed E-state index contributed by atoms with van der Waals surface area (Å²) >= 11 is 0. The molecule has 170 valence electrons. The van der Waals surface area contributed by atoms with Gasteiger partial charge in [0, 0.05) is 17.1 Å². The van der Waals surface area contributed by atoms with Gasteiger partial charge >= 0.3 is 0 Å². The van der Waals surface area contributed by atoms with Crippen LogP contribution < -0.4 is 4.90 Å². The van der Waals surface area contributed by atoms with E-state index in [-0.39, 0.29) is 0 Å². The van der Waals surface area contributed by atoms with Crippen LogP contribution in [0.5, 0.6) is 0 Å². The first-order valence-electron chi connectivity index (χ1n) is 12.7. The lowest BCUT2D eigenvalue weighted by molar-refractivity contribution is 0.718. The number of nitrogens with zero attached hydrogens (tertiary/aromatic N) is 1. The summed E-state index contributed by atoms with van der Waals surface area (Å²) in [5.74, 6) is 1.62. The van der Waals surface area contributed by atoms with Crippen LogP contribution in [-0.4, -0.2) is 0 Å². The van der Waals surface area contributed by atoms with E-state index in [1.165, 1.54) is 69.7 Å². The zero-order valence-electron chi connectivity index (χ0n) is 20.7. The molecule has 0 aliphatic heterocycles. The Morgan fingerprint density at radius 2 is 1.00 bits per heavy atom. The number of hydrogen-bond donors (Lipinski definition) is 0. The van der Waals surface area contributed by atoms with Crippen LogP contribution in [0.15, 0.2) is 78.9 Å². The summed E-state index contributed by atoms with van der Waals surface area (Å²) in [5.41, 5.74) is 14.6. The molecule has 34 heavy (non-hydrogen) atoms. The van der Waals surface area contributed by atoms with E-state index in [1.807, 2.05) is 0 Å². The Bertz CT molecular complexity index is 1290. The number of benzene rings is 4. The first-order valence-corrected chi connectivity index (χ1v) is 12.7. The molecule has 0 amide bonds. The third kappa shape index (κ3) is 3.74. The molecule has 2 atom stereocenters. The van der Waals surface area contributed by atoms with Crippen molar-refractivity contribution in [2.45, 2.75) is 58.8 Å². The highest BCUT2D eigenvalue weighted by Gasteiger charge is 2.36. The molecule has 0 heterocycles. The predicted molar refractivity (Wildman–Crippen MR) is 145 cm³/mol. The van der Waals surface area contributed by atoms with Crippen molar-refractivity contribution in [2.24, 2.45) is 0 Å². The van der Waals surface area contributed by atoms with Gasteiger partial charge in [-0.15, -0.1) is 0 Å². The minimum Gasteiger partial charge on any atom is -0.310 e. The molecule has 0 aromatic heterocycles. The van der Waals surface area contributed by atoms with Crippen molar-refractivity contribution >= 4 is 17.1 Å². The van der Waals surface area contributed by atoms with Gasteiger partial charge in [-0.05, 0) is 140 Å². The molecule has 1 saturated carbocycles. The first-order chi connectivity index (χ1) is 16.4. The van der Waals surface area contributed by atoms with Gasteiger partial charge in [-0.25, -0.2) is 0 Å². The smallest absolute Gasteiger partial charge is 0.0466 e. The SMILES string of the molecule is Cc1cc(C)cc(N(c2ccc(-c3ccc4c(c3)C3CCC4C3)cc2)c2cc(C)cc(C)c2)c1. The summed E-state index contributed by atoms with van der Waals surface area (Å²) < 4.78 is 0. The van der Waals surface area contributed by atoms with E-state index < -0.39 is 0 Å². The Morgan fingerprint density at radius 3 is 1.56 bits per heavy atom. The predicted octanol–water partition coefficient (Wildman–Crippen LogP) is 9.42. The van der Waals surface area contributed by atoms with Gasteiger partial charge in [0.1, 0.15) is 0 Å². The molecule has 2 bridgehead atoms. The van der Waals surface area contributed by atoms with E-state index in [0.717, 1.165) is 11.8 Å². The van der Waals surface area contributed by atoms with Crippen LogP contribution in [0.1, 0.15) is 64.5 Å². The van der Waals surface area contributed by atoms with E-state index in [9.17, 15) is 0 Å². The third-order valence-electron chi connectivity index (χ3n) is 7.79. The fourth-order valence-corrected chi connectivity index (χ4v) is 6.44. The number of rotatable bonds is 4. The van der Waals surface area contributed by atoms with Gasteiger partial charge in [0.25, 0.3) is 0 Å². The largest absolute Gasteiger partial charge is 0.310 e. The highest BCUT2D eigenvalue weighted by molar-refractivity contribution is 5.79. The molecule has 4 aromatic carbocycles. The highest BCUT2D eigenvalue weighted by atomic mass is 15.1. The second-order valence-corrected chi connectivity index (χ2v) is 10.6. The van der Waals surface area contributed by atoms with Crippen molar-refractivity contribution in [3.8, 4) is 11.1 Å². The second kappa shape index (κ2) is 8.17. The summed E-state index contributed by atoms with van der Waals surface area (Å²) in [5, 5.41) is 0. The van der Waals surface area contributed by atoms with Gasteiger partial charge in [-0.3, -0.25) is 0 Å². The van der Waals surface area contributed by atoms with E-state index in [0.29, 0.717) is 0 Å². The number of aryl methyl sites for hydroxylation is 4. The number of hydrogen-bond acceptors (Lipinski definition) is 1. The molecule has 0 N–H and O–H groups in total. The summed E-state index contributed by atoms with van der Waals surface area (Å²) in [6.07, 6.45) is 4.14. The van der Waals surface area contributed by atoms with E-state index >= 15 is 0 Å². The summed E-state index contributed by atoms with van der Waals surface area (Å²) in [7, 11) is 0. The van der Waals surface area contributed by atoms with Crippen molar-refractivity contribution < 1.29 is 0 Å². The lowest BCUT2D eigenvalue weighted by Gasteiger charge is -2.27. The Labute approximate surface area is 204 Å². The molecule has 0 spiro atoms. The monoisotopic (exact) mass is 443 g/mol. The van der Waals surface area contributed by atoms with Crippen molar-refractivity contribution in [2.75, 3.05) is 4.90 Å². The molecule has 1 fully saturated rings. The molecule has 0 saturated heterocycles. The molecular weight excluding hydrogens is 410 g/mol. The topological polar surface area (TPSA) is 3.24 Å². The Balaban J connectivity index is 1.41. The van der Waals surface area contributed by atoms with E-state index in [1.54, 1.807) is 11.1 Å². The van der Waals surface area contributed by atoms with Crippen LogP contribution in [0, 0.1) is 27.7 Å².